The molecule has 5 nitrogen and oxygen atoms in total. The average Bonchev–Trinajstić information content (AvgIpc) is 2.35. The van der Waals surface area contributed by atoms with Gasteiger partial charge in [-0.2, -0.15) is 0 Å². The molecule has 0 aromatic heterocycles. The number of rotatable bonds is 6. The van der Waals surface area contributed by atoms with Crippen molar-refractivity contribution in [3.05, 3.63) is 27.8 Å². The standard InChI is InChI=1S/C11H16IN3O2/c1-8(11(13)15-16)17-7-6-14-10-5-3-2-4-9(10)12/h2-5,8,14,16H,6-7H2,1H3,(H2,13,15). The zero-order valence-electron chi connectivity index (χ0n) is 9.56. The van der Waals surface area contributed by atoms with Crippen LogP contribution in [-0.2, 0) is 4.74 Å². The van der Waals surface area contributed by atoms with Crippen LogP contribution in [0.5, 0.6) is 0 Å². The number of hydrogen-bond donors (Lipinski definition) is 3. The largest absolute Gasteiger partial charge is 0.409 e. The number of ether oxygens (including phenoxy) is 1. The van der Waals surface area contributed by atoms with Gasteiger partial charge in [0.05, 0.1) is 6.61 Å². The van der Waals surface area contributed by atoms with E-state index in [1.54, 1.807) is 6.92 Å². The SMILES string of the molecule is CC(OCCNc1ccccc1I)/C(N)=N/O. The maximum atomic E-state index is 8.44. The number of nitrogens with two attached hydrogens (primary N) is 1. The normalized spacial score (nSPS) is 13.4. The molecule has 0 heterocycles. The molecule has 0 aliphatic heterocycles. The van der Waals surface area contributed by atoms with Crippen molar-refractivity contribution < 1.29 is 9.94 Å². The van der Waals surface area contributed by atoms with E-state index in [9.17, 15) is 0 Å². The molecular formula is C11H16IN3O2. The molecule has 0 radical (unpaired) electrons. The molecule has 1 unspecified atom stereocenters. The van der Waals surface area contributed by atoms with Crippen LogP contribution in [0.4, 0.5) is 5.69 Å². The van der Waals surface area contributed by atoms with Gasteiger partial charge in [0.2, 0.25) is 0 Å². The van der Waals surface area contributed by atoms with Crippen molar-refractivity contribution >= 4 is 34.1 Å². The van der Waals surface area contributed by atoms with Gasteiger partial charge in [-0.1, -0.05) is 17.3 Å². The van der Waals surface area contributed by atoms with Crippen LogP contribution in [0.2, 0.25) is 0 Å². The second-order valence-electron chi connectivity index (χ2n) is 3.44. The number of halogens is 1. The number of amidine groups is 1. The third kappa shape index (κ3) is 4.78. The quantitative estimate of drug-likeness (QED) is 0.183. The highest BCUT2D eigenvalue weighted by molar-refractivity contribution is 14.1. The van der Waals surface area contributed by atoms with E-state index in [1.165, 1.54) is 0 Å². The zero-order chi connectivity index (χ0) is 12.7. The van der Waals surface area contributed by atoms with E-state index in [4.69, 9.17) is 15.7 Å². The van der Waals surface area contributed by atoms with Gasteiger partial charge >= 0.3 is 0 Å². The molecule has 6 heteroatoms. The van der Waals surface area contributed by atoms with Gasteiger partial charge < -0.3 is 21.0 Å². The monoisotopic (exact) mass is 349 g/mol. The Bertz CT molecular complexity index is 385. The molecular weight excluding hydrogens is 333 g/mol. The smallest absolute Gasteiger partial charge is 0.168 e. The lowest BCUT2D eigenvalue weighted by Crippen LogP contribution is -2.30. The first-order valence-corrected chi connectivity index (χ1v) is 6.30. The summed E-state index contributed by atoms with van der Waals surface area (Å²) in [5, 5.41) is 14.6. The van der Waals surface area contributed by atoms with Crippen LogP contribution >= 0.6 is 22.6 Å². The highest BCUT2D eigenvalue weighted by Crippen LogP contribution is 2.16. The van der Waals surface area contributed by atoms with Gasteiger partial charge in [0.1, 0.15) is 6.10 Å². The van der Waals surface area contributed by atoms with Crippen LogP contribution in [-0.4, -0.2) is 30.3 Å². The summed E-state index contributed by atoms with van der Waals surface area (Å²) in [6.45, 7) is 2.90. The first kappa shape index (κ1) is 14.0. The minimum Gasteiger partial charge on any atom is -0.409 e. The maximum Gasteiger partial charge on any atom is 0.168 e. The maximum absolute atomic E-state index is 8.44. The second kappa shape index (κ2) is 7.33. The summed E-state index contributed by atoms with van der Waals surface area (Å²) in [6, 6.07) is 8.01. The first-order valence-electron chi connectivity index (χ1n) is 5.22. The summed E-state index contributed by atoms with van der Waals surface area (Å²) in [5.74, 6) is 0.0827. The van der Waals surface area contributed by atoms with E-state index in [-0.39, 0.29) is 11.9 Å². The number of oxime groups is 1. The molecule has 1 aromatic carbocycles. The lowest BCUT2D eigenvalue weighted by molar-refractivity contribution is 0.115. The number of nitrogens with one attached hydrogen (secondary N) is 1. The van der Waals surface area contributed by atoms with Crippen molar-refractivity contribution in [3.8, 4) is 0 Å². The van der Waals surface area contributed by atoms with Crippen LogP contribution in [0.1, 0.15) is 6.92 Å². The van der Waals surface area contributed by atoms with E-state index in [1.807, 2.05) is 24.3 Å². The fourth-order valence-electron chi connectivity index (χ4n) is 1.19. The summed E-state index contributed by atoms with van der Waals surface area (Å²) >= 11 is 2.27. The Morgan fingerprint density at radius 3 is 2.94 bits per heavy atom. The van der Waals surface area contributed by atoms with Gasteiger partial charge in [0.15, 0.2) is 5.84 Å². The van der Waals surface area contributed by atoms with Crippen LogP contribution in [0.15, 0.2) is 29.4 Å². The Kier molecular flexibility index (Phi) is 6.06. The fraction of sp³-hybridized carbons (Fsp3) is 0.364. The van der Waals surface area contributed by atoms with Crippen molar-refractivity contribution in [2.24, 2.45) is 10.9 Å². The van der Waals surface area contributed by atoms with Crippen molar-refractivity contribution in [3.63, 3.8) is 0 Å². The molecule has 0 aliphatic rings. The number of nitrogens with zero attached hydrogens (tertiary/aromatic N) is 1. The Morgan fingerprint density at radius 1 is 1.59 bits per heavy atom. The van der Waals surface area contributed by atoms with Crippen LogP contribution < -0.4 is 11.1 Å². The lowest BCUT2D eigenvalue weighted by atomic mass is 10.3. The van der Waals surface area contributed by atoms with Crippen molar-refractivity contribution in [1.29, 1.82) is 0 Å². The molecule has 17 heavy (non-hydrogen) atoms. The predicted molar refractivity (Wildman–Crippen MR) is 76.5 cm³/mol. The average molecular weight is 349 g/mol. The molecule has 0 saturated heterocycles. The number of anilines is 1. The number of benzene rings is 1. The number of hydrogen-bond acceptors (Lipinski definition) is 4. The lowest BCUT2D eigenvalue weighted by Gasteiger charge is -2.12. The Balaban J connectivity index is 2.28. The van der Waals surface area contributed by atoms with E-state index < -0.39 is 0 Å². The van der Waals surface area contributed by atoms with Crippen molar-refractivity contribution in [2.45, 2.75) is 13.0 Å². The van der Waals surface area contributed by atoms with Gasteiger partial charge in [0, 0.05) is 15.8 Å². The van der Waals surface area contributed by atoms with Crippen LogP contribution in [0.25, 0.3) is 0 Å². The fourth-order valence-corrected chi connectivity index (χ4v) is 1.77. The summed E-state index contributed by atoms with van der Waals surface area (Å²) in [7, 11) is 0. The second-order valence-corrected chi connectivity index (χ2v) is 4.61. The van der Waals surface area contributed by atoms with Gasteiger partial charge in [-0.3, -0.25) is 0 Å². The zero-order valence-corrected chi connectivity index (χ0v) is 11.7. The Morgan fingerprint density at radius 2 is 2.29 bits per heavy atom. The Hall–Kier alpha value is -1.02. The minimum atomic E-state index is -0.378. The molecule has 0 saturated carbocycles. The van der Waals surface area contributed by atoms with Gasteiger partial charge in [-0.15, -0.1) is 0 Å². The van der Waals surface area contributed by atoms with E-state index in [0.29, 0.717) is 13.2 Å². The highest BCUT2D eigenvalue weighted by atomic mass is 127. The minimum absolute atomic E-state index is 0.0827. The molecule has 4 N–H and O–H groups in total. The van der Waals surface area contributed by atoms with Gasteiger partial charge in [-0.25, -0.2) is 0 Å². The van der Waals surface area contributed by atoms with E-state index in [0.717, 1.165) is 9.26 Å². The van der Waals surface area contributed by atoms with Gasteiger partial charge in [0.25, 0.3) is 0 Å². The molecule has 1 atom stereocenters. The molecule has 0 spiro atoms. The van der Waals surface area contributed by atoms with E-state index >= 15 is 0 Å². The summed E-state index contributed by atoms with van der Waals surface area (Å²) in [4.78, 5) is 0. The van der Waals surface area contributed by atoms with Crippen molar-refractivity contribution in [1.82, 2.24) is 0 Å². The third-order valence-electron chi connectivity index (χ3n) is 2.19. The molecule has 0 bridgehead atoms. The van der Waals surface area contributed by atoms with E-state index in [2.05, 4.69) is 33.1 Å². The summed E-state index contributed by atoms with van der Waals surface area (Å²) < 4.78 is 6.54. The van der Waals surface area contributed by atoms with Gasteiger partial charge in [-0.05, 0) is 41.6 Å². The summed E-state index contributed by atoms with van der Waals surface area (Å²) in [6.07, 6.45) is -0.378. The third-order valence-corrected chi connectivity index (χ3v) is 3.13. The van der Waals surface area contributed by atoms with Crippen molar-refractivity contribution in [2.75, 3.05) is 18.5 Å². The van der Waals surface area contributed by atoms with Crippen LogP contribution in [0, 0.1) is 3.57 Å². The highest BCUT2D eigenvalue weighted by Gasteiger charge is 2.06. The number of para-hydroxylation sites is 1. The molecule has 1 rings (SSSR count). The molecule has 94 valence electrons. The summed E-state index contributed by atoms with van der Waals surface area (Å²) in [5.41, 5.74) is 6.46. The molecule has 0 aliphatic carbocycles. The molecule has 0 amide bonds. The predicted octanol–water partition coefficient (Wildman–Crippen LogP) is 1.85. The van der Waals surface area contributed by atoms with Crippen LogP contribution in [0.3, 0.4) is 0 Å². The molecule has 1 aromatic rings. The topological polar surface area (TPSA) is 79.9 Å². The first-order chi connectivity index (χ1) is 8.15. The molecule has 0 fully saturated rings. The Labute approximate surface area is 114 Å².